The number of nitrogens with zero attached hydrogens (tertiary/aromatic N) is 1. The molecule has 0 aliphatic heterocycles. The third-order valence-electron chi connectivity index (χ3n) is 2.29. The van der Waals surface area contributed by atoms with Gasteiger partial charge in [-0.15, -0.1) is 0 Å². The maximum absolute atomic E-state index is 5.01. The number of hydrogen-bond acceptors (Lipinski definition) is 3. The molecule has 5 nitrogen and oxygen atoms in total. The maximum atomic E-state index is 5.01. The first-order chi connectivity index (χ1) is 7.68. The third-order valence-corrected chi connectivity index (χ3v) is 4.77. The first-order valence-corrected chi connectivity index (χ1v) is 7.83. The summed E-state index contributed by atoms with van der Waals surface area (Å²) < 4.78 is 14.4. The normalized spacial score (nSPS) is 11.8. The summed E-state index contributed by atoms with van der Waals surface area (Å²) in [4.78, 5) is 0. The van der Waals surface area contributed by atoms with E-state index >= 15 is 0 Å². The topological polar surface area (TPSA) is 54.9 Å². The van der Waals surface area contributed by atoms with Crippen molar-refractivity contribution in [1.82, 2.24) is 10.2 Å². The molecule has 0 aromatic carbocycles. The fourth-order valence-corrected chi connectivity index (χ4v) is 2.81. The molecule has 0 unspecified atom stereocenters. The van der Waals surface area contributed by atoms with Crippen LogP contribution in [0.15, 0.2) is 4.74 Å². The quantitative estimate of drug-likeness (QED) is 0.457. The van der Waals surface area contributed by atoms with Crippen LogP contribution in [-0.4, -0.2) is 54.2 Å². The van der Waals surface area contributed by atoms with Crippen LogP contribution in [-0.2, 0) is 9.47 Å². The number of nitrogens with one attached hydrogen (secondary N) is 2. The SMILES string of the molecule is CN=P(C)(NCCCOC)NCCCOC. The third kappa shape index (κ3) is 8.25. The van der Waals surface area contributed by atoms with Crippen LogP contribution in [0.2, 0.25) is 0 Å². The van der Waals surface area contributed by atoms with Crippen molar-refractivity contribution in [2.24, 2.45) is 4.74 Å². The van der Waals surface area contributed by atoms with Crippen LogP contribution in [0, 0.1) is 0 Å². The molecule has 0 radical (unpaired) electrons. The summed E-state index contributed by atoms with van der Waals surface area (Å²) in [6, 6.07) is 0. The van der Waals surface area contributed by atoms with Gasteiger partial charge in [0.15, 0.2) is 0 Å². The Hall–Kier alpha value is 0.0700. The average molecular weight is 251 g/mol. The van der Waals surface area contributed by atoms with Gasteiger partial charge in [-0.25, -0.2) is 0 Å². The van der Waals surface area contributed by atoms with E-state index in [1.807, 2.05) is 7.05 Å². The largest absolute Gasteiger partial charge is 0.385 e. The highest BCUT2D eigenvalue weighted by atomic mass is 31.2. The lowest BCUT2D eigenvalue weighted by molar-refractivity contribution is 0.195. The Morgan fingerprint density at radius 3 is 1.75 bits per heavy atom. The Labute approximate surface area is 99.5 Å². The molecule has 0 aromatic heterocycles. The van der Waals surface area contributed by atoms with Gasteiger partial charge in [0.25, 0.3) is 0 Å². The van der Waals surface area contributed by atoms with E-state index in [0.717, 1.165) is 39.1 Å². The van der Waals surface area contributed by atoms with E-state index in [-0.39, 0.29) is 0 Å². The minimum Gasteiger partial charge on any atom is -0.385 e. The molecule has 0 saturated carbocycles. The lowest BCUT2D eigenvalue weighted by atomic mass is 10.5. The summed E-state index contributed by atoms with van der Waals surface area (Å²) >= 11 is 0. The highest BCUT2D eigenvalue weighted by Gasteiger charge is 2.08. The second-order valence-corrected chi connectivity index (χ2v) is 6.62. The Balaban J connectivity index is 3.74. The molecule has 0 atom stereocenters. The zero-order chi connectivity index (χ0) is 12.3. The van der Waals surface area contributed by atoms with Gasteiger partial charge in [0.05, 0.1) is 7.36 Å². The summed E-state index contributed by atoms with van der Waals surface area (Å²) in [6.45, 7) is 5.60. The van der Waals surface area contributed by atoms with Gasteiger partial charge in [-0.1, -0.05) is 0 Å². The van der Waals surface area contributed by atoms with E-state index in [1.165, 1.54) is 0 Å². The molecule has 0 saturated heterocycles. The molecule has 0 amide bonds. The van der Waals surface area contributed by atoms with Gasteiger partial charge in [0.2, 0.25) is 0 Å². The first kappa shape index (κ1) is 16.1. The number of ether oxygens (including phenoxy) is 2. The summed E-state index contributed by atoms with van der Waals surface area (Å²) in [5.74, 6) is 0. The van der Waals surface area contributed by atoms with Crippen LogP contribution in [0.5, 0.6) is 0 Å². The van der Waals surface area contributed by atoms with Crippen molar-refractivity contribution in [2.75, 3.05) is 54.2 Å². The van der Waals surface area contributed by atoms with Gasteiger partial charge >= 0.3 is 0 Å². The number of hydrogen-bond donors (Lipinski definition) is 2. The second-order valence-electron chi connectivity index (χ2n) is 3.67. The Kier molecular flexibility index (Phi) is 10.3. The van der Waals surface area contributed by atoms with Crippen molar-refractivity contribution in [1.29, 1.82) is 0 Å². The van der Waals surface area contributed by atoms with Crippen LogP contribution in [0.4, 0.5) is 0 Å². The first-order valence-electron chi connectivity index (χ1n) is 5.64. The number of rotatable bonds is 10. The van der Waals surface area contributed by atoms with E-state index in [2.05, 4.69) is 21.6 Å². The molecule has 0 aliphatic carbocycles. The minimum absolute atomic E-state index is 0.792. The monoisotopic (exact) mass is 251 g/mol. The Morgan fingerprint density at radius 2 is 1.44 bits per heavy atom. The standard InChI is InChI=1S/C10H26N3O2P/c1-11-16(4,12-7-5-9-14-2)13-8-6-10-15-3/h12-13H,5-10H2,1-4H3. The van der Waals surface area contributed by atoms with Crippen LogP contribution in [0.25, 0.3) is 0 Å². The van der Waals surface area contributed by atoms with Gasteiger partial charge in [0.1, 0.15) is 0 Å². The van der Waals surface area contributed by atoms with Gasteiger partial charge in [-0.3, -0.25) is 14.9 Å². The molecule has 0 spiro atoms. The molecular formula is C10H26N3O2P. The van der Waals surface area contributed by atoms with Crippen molar-refractivity contribution >= 4 is 7.36 Å². The highest BCUT2D eigenvalue weighted by molar-refractivity contribution is 7.61. The molecule has 0 aliphatic rings. The van der Waals surface area contributed by atoms with Crippen molar-refractivity contribution in [3.05, 3.63) is 0 Å². The molecular weight excluding hydrogens is 225 g/mol. The van der Waals surface area contributed by atoms with E-state index in [1.54, 1.807) is 14.2 Å². The summed E-state index contributed by atoms with van der Waals surface area (Å²) in [6.07, 6.45) is 2.03. The van der Waals surface area contributed by atoms with Crippen LogP contribution >= 0.6 is 7.36 Å². The molecule has 98 valence electrons. The van der Waals surface area contributed by atoms with Gasteiger partial charge in [-0.2, -0.15) is 0 Å². The lowest BCUT2D eigenvalue weighted by Crippen LogP contribution is -2.24. The second kappa shape index (κ2) is 10.2. The smallest absolute Gasteiger partial charge is 0.0883 e. The predicted molar refractivity (Wildman–Crippen MR) is 70.2 cm³/mol. The van der Waals surface area contributed by atoms with Crippen molar-refractivity contribution in [3.8, 4) is 0 Å². The van der Waals surface area contributed by atoms with Gasteiger partial charge in [0, 0.05) is 47.6 Å². The average Bonchev–Trinajstić information content (AvgIpc) is 2.31. The fraction of sp³-hybridized carbons (Fsp3) is 1.00. The van der Waals surface area contributed by atoms with E-state index in [0.29, 0.717) is 0 Å². The van der Waals surface area contributed by atoms with Crippen LogP contribution < -0.4 is 10.2 Å². The van der Waals surface area contributed by atoms with E-state index in [4.69, 9.17) is 9.47 Å². The molecule has 2 N–H and O–H groups in total. The van der Waals surface area contributed by atoms with Gasteiger partial charge < -0.3 is 9.47 Å². The highest BCUT2D eigenvalue weighted by Crippen LogP contribution is 2.34. The van der Waals surface area contributed by atoms with Crippen molar-refractivity contribution < 1.29 is 9.47 Å². The van der Waals surface area contributed by atoms with Crippen LogP contribution in [0.3, 0.4) is 0 Å². The molecule has 0 aromatic rings. The molecule has 0 fully saturated rings. The molecule has 6 heteroatoms. The molecule has 16 heavy (non-hydrogen) atoms. The van der Waals surface area contributed by atoms with Gasteiger partial charge in [-0.05, 0) is 19.5 Å². The Morgan fingerprint density at radius 1 is 1.00 bits per heavy atom. The summed E-state index contributed by atoms with van der Waals surface area (Å²) in [5.41, 5.74) is 0. The zero-order valence-corrected chi connectivity index (χ0v) is 11.8. The minimum atomic E-state index is -1.52. The number of methoxy groups -OCH3 is 2. The molecule has 0 rings (SSSR count). The molecule has 0 bridgehead atoms. The summed E-state index contributed by atoms with van der Waals surface area (Å²) in [7, 11) is 3.79. The Bertz CT molecular complexity index is 196. The lowest BCUT2D eigenvalue weighted by Gasteiger charge is -2.22. The van der Waals surface area contributed by atoms with E-state index < -0.39 is 7.36 Å². The summed E-state index contributed by atoms with van der Waals surface area (Å²) in [5, 5.41) is 6.94. The fourth-order valence-electron chi connectivity index (χ4n) is 1.22. The van der Waals surface area contributed by atoms with Crippen molar-refractivity contribution in [2.45, 2.75) is 12.8 Å². The maximum Gasteiger partial charge on any atom is 0.0883 e. The molecule has 0 heterocycles. The van der Waals surface area contributed by atoms with Crippen LogP contribution in [0.1, 0.15) is 12.8 Å². The zero-order valence-electron chi connectivity index (χ0n) is 11.0. The predicted octanol–water partition coefficient (Wildman–Crippen LogP) is 1.53. The van der Waals surface area contributed by atoms with E-state index in [9.17, 15) is 0 Å². The van der Waals surface area contributed by atoms with Crippen molar-refractivity contribution in [3.63, 3.8) is 0 Å².